The maximum atomic E-state index is 11.5. The predicted octanol–water partition coefficient (Wildman–Crippen LogP) is 0.961. The Hall–Kier alpha value is -1.52. The maximum absolute atomic E-state index is 11.5. The largest absolute Gasteiger partial charge is 0.332 e. The molecule has 78 valence electrons. The summed E-state index contributed by atoms with van der Waals surface area (Å²) < 4.78 is 0. The highest BCUT2D eigenvalue weighted by atomic mass is 16.2. The molecule has 0 atom stereocenters. The average Bonchev–Trinajstić information content (AvgIpc) is 2.69. The summed E-state index contributed by atoms with van der Waals surface area (Å²) in [5, 5.41) is 9.38. The predicted molar refractivity (Wildman–Crippen MR) is 53.7 cm³/mol. The van der Waals surface area contributed by atoms with Gasteiger partial charge in [-0.25, -0.2) is 4.79 Å². The minimum atomic E-state index is -0.0374. The van der Waals surface area contributed by atoms with Crippen molar-refractivity contribution < 1.29 is 4.79 Å². The van der Waals surface area contributed by atoms with E-state index in [1.54, 1.807) is 11.1 Å². The van der Waals surface area contributed by atoms with Crippen LogP contribution in [0.25, 0.3) is 0 Å². The Balaban J connectivity index is 2.34. The standard InChI is InChI=1S/C9H16N4O/c1-3-13(4-2)9(14)10-7-8-5-6-11-12-8/h5-6H,3-4,7H2,1-2H3,(H,10,14)(H,11,12). The van der Waals surface area contributed by atoms with Gasteiger partial charge < -0.3 is 10.2 Å². The van der Waals surface area contributed by atoms with Crippen molar-refractivity contribution in [3.05, 3.63) is 18.0 Å². The van der Waals surface area contributed by atoms with E-state index < -0.39 is 0 Å². The van der Waals surface area contributed by atoms with Crippen molar-refractivity contribution in [1.82, 2.24) is 20.4 Å². The normalized spacial score (nSPS) is 9.86. The number of nitrogens with one attached hydrogen (secondary N) is 2. The molecule has 0 spiro atoms. The molecule has 2 amide bonds. The molecule has 1 aromatic heterocycles. The van der Waals surface area contributed by atoms with Crippen LogP contribution >= 0.6 is 0 Å². The summed E-state index contributed by atoms with van der Waals surface area (Å²) in [6.45, 7) is 5.87. The van der Waals surface area contributed by atoms with Gasteiger partial charge in [-0.05, 0) is 19.9 Å². The van der Waals surface area contributed by atoms with Gasteiger partial charge in [0, 0.05) is 19.3 Å². The van der Waals surface area contributed by atoms with Gasteiger partial charge in [0.25, 0.3) is 0 Å². The number of nitrogens with zero attached hydrogens (tertiary/aromatic N) is 2. The Kier molecular flexibility index (Phi) is 3.97. The van der Waals surface area contributed by atoms with E-state index in [2.05, 4.69) is 15.5 Å². The number of hydrogen-bond donors (Lipinski definition) is 2. The fourth-order valence-electron chi connectivity index (χ4n) is 1.18. The summed E-state index contributed by atoms with van der Waals surface area (Å²) in [5.41, 5.74) is 0.908. The third-order valence-electron chi connectivity index (χ3n) is 2.04. The molecule has 0 saturated heterocycles. The van der Waals surface area contributed by atoms with Crippen molar-refractivity contribution in [2.24, 2.45) is 0 Å². The minimum absolute atomic E-state index is 0.0374. The molecule has 14 heavy (non-hydrogen) atoms. The summed E-state index contributed by atoms with van der Waals surface area (Å²) in [4.78, 5) is 13.2. The molecule has 1 rings (SSSR count). The van der Waals surface area contributed by atoms with Gasteiger partial charge in [-0.3, -0.25) is 5.10 Å². The van der Waals surface area contributed by atoms with Crippen molar-refractivity contribution in [3.8, 4) is 0 Å². The molecule has 2 N–H and O–H groups in total. The highest BCUT2D eigenvalue weighted by Gasteiger charge is 2.07. The third kappa shape index (κ3) is 2.76. The fourth-order valence-corrected chi connectivity index (χ4v) is 1.18. The molecule has 0 aliphatic rings. The molecule has 0 saturated carbocycles. The number of amides is 2. The van der Waals surface area contributed by atoms with Crippen molar-refractivity contribution in [2.45, 2.75) is 20.4 Å². The van der Waals surface area contributed by atoms with E-state index in [-0.39, 0.29) is 6.03 Å². The number of rotatable bonds is 4. The fraction of sp³-hybridized carbons (Fsp3) is 0.556. The minimum Gasteiger partial charge on any atom is -0.332 e. The SMILES string of the molecule is CCN(CC)C(=O)NCc1ccn[nH]1. The van der Waals surface area contributed by atoms with Crippen LogP contribution in [0.1, 0.15) is 19.5 Å². The number of hydrogen-bond acceptors (Lipinski definition) is 2. The van der Waals surface area contributed by atoms with Crippen molar-refractivity contribution in [2.75, 3.05) is 13.1 Å². The number of aromatic nitrogens is 2. The first-order chi connectivity index (χ1) is 6.77. The molecule has 0 fully saturated rings. The van der Waals surface area contributed by atoms with E-state index >= 15 is 0 Å². The van der Waals surface area contributed by atoms with E-state index in [9.17, 15) is 4.79 Å². The summed E-state index contributed by atoms with van der Waals surface area (Å²) >= 11 is 0. The first-order valence-corrected chi connectivity index (χ1v) is 4.79. The Bertz CT molecular complexity index is 266. The zero-order chi connectivity index (χ0) is 10.4. The molecule has 5 heteroatoms. The van der Waals surface area contributed by atoms with Crippen molar-refractivity contribution in [3.63, 3.8) is 0 Å². The van der Waals surface area contributed by atoms with E-state index in [0.29, 0.717) is 6.54 Å². The first-order valence-electron chi connectivity index (χ1n) is 4.79. The second-order valence-corrected chi connectivity index (χ2v) is 2.91. The molecular formula is C9H16N4O. The lowest BCUT2D eigenvalue weighted by Gasteiger charge is -2.18. The zero-order valence-electron chi connectivity index (χ0n) is 8.58. The molecular weight excluding hydrogens is 180 g/mol. The summed E-state index contributed by atoms with van der Waals surface area (Å²) in [7, 11) is 0. The molecule has 0 aliphatic carbocycles. The van der Waals surface area contributed by atoms with Crippen LogP contribution in [-0.2, 0) is 6.54 Å². The van der Waals surface area contributed by atoms with Crippen LogP contribution in [0.5, 0.6) is 0 Å². The number of urea groups is 1. The highest BCUT2D eigenvalue weighted by molar-refractivity contribution is 5.73. The van der Waals surface area contributed by atoms with Crippen LogP contribution in [0.2, 0.25) is 0 Å². The van der Waals surface area contributed by atoms with Gasteiger partial charge in [0.2, 0.25) is 0 Å². The number of carbonyl (C=O) groups excluding carboxylic acids is 1. The Morgan fingerprint density at radius 2 is 2.29 bits per heavy atom. The van der Waals surface area contributed by atoms with Gasteiger partial charge in [-0.15, -0.1) is 0 Å². The highest BCUT2D eigenvalue weighted by Crippen LogP contribution is 1.93. The van der Waals surface area contributed by atoms with Crippen LogP contribution in [-0.4, -0.2) is 34.2 Å². The zero-order valence-corrected chi connectivity index (χ0v) is 8.58. The summed E-state index contributed by atoms with van der Waals surface area (Å²) in [6.07, 6.45) is 1.67. The lowest BCUT2D eigenvalue weighted by molar-refractivity contribution is 0.202. The first kappa shape index (κ1) is 10.6. The molecule has 1 aromatic rings. The molecule has 0 aromatic carbocycles. The summed E-state index contributed by atoms with van der Waals surface area (Å²) in [6, 6.07) is 1.80. The van der Waals surface area contributed by atoms with Gasteiger partial charge in [0.05, 0.1) is 12.2 Å². The molecule has 1 heterocycles. The van der Waals surface area contributed by atoms with Gasteiger partial charge in [-0.2, -0.15) is 5.10 Å². The van der Waals surface area contributed by atoms with Crippen LogP contribution in [0, 0.1) is 0 Å². The smallest absolute Gasteiger partial charge is 0.317 e. The Labute approximate surface area is 83.5 Å². The number of aromatic amines is 1. The third-order valence-corrected chi connectivity index (χ3v) is 2.04. The topological polar surface area (TPSA) is 61.0 Å². The van der Waals surface area contributed by atoms with Gasteiger partial charge in [-0.1, -0.05) is 0 Å². The van der Waals surface area contributed by atoms with Crippen LogP contribution in [0.15, 0.2) is 12.3 Å². The van der Waals surface area contributed by atoms with Crippen LogP contribution in [0.3, 0.4) is 0 Å². The van der Waals surface area contributed by atoms with Gasteiger partial charge in [0.15, 0.2) is 0 Å². The summed E-state index contributed by atoms with van der Waals surface area (Å²) in [5.74, 6) is 0. The van der Waals surface area contributed by atoms with Crippen LogP contribution < -0.4 is 5.32 Å². The maximum Gasteiger partial charge on any atom is 0.317 e. The monoisotopic (exact) mass is 196 g/mol. The van der Waals surface area contributed by atoms with Crippen molar-refractivity contribution >= 4 is 6.03 Å². The quantitative estimate of drug-likeness (QED) is 0.753. The van der Waals surface area contributed by atoms with Crippen molar-refractivity contribution in [1.29, 1.82) is 0 Å². The molecule has 0 unspecified atom stereocenters. The van der Waals surface area contributed by atoms with Gasteiger partial charge >= 0.3 is 6.03 Å². The molecule has 0 bridgehead atoms. The number of H-pyrrole nitrogens is 1. The van der Waals surface area contributed by atoms with Gasteiger partial charge in [0.1, 0.15) is 0 Å². The van der Waals surface area contributed by atoms with E-state index in [1.807, 2.05) is 19.9 Å². The lowest BCUT2D eigenvalue weighted by atomic mass is 10.4. The Morgan fingerprint density at radius 1 is 1.57 bits per heavy atom. The molecule has 0 radical (unpaired) electrons. The lowest BCUT2D eigenvalue weighted by Crippen LogP contribution is -2.39. The van der Waals surface area contributed by atoms with E-state index in [1.165, 1.54) is 0 Å². The van der Waals surface area contributed by atoms with E-state index in [0.717, 1.165) is 18.8 Å². The second-order valence-electron chi connectivity index (χ2n) is 2.91. The van der Waals surface area contributed by atoms with E-state index in [4.69, 9.17) is 0 Å². The molecule has 0 aliphatic heterocycles. The molecule has 5 nitrogen and oxygen atoms in total. The number of carbonyl (C=O) groups is 1. The Morgan fingerprint density at radius 3 is 2.79 bits per heavy atom. The van der Waals surface area contributed by atoms with Crippen LogP contribution in [0.4, 0.5) is 4.79 Å². The average molecular weight is 196 g/mol. The second kappa shape index (κ2) is 5.26.